The Morgan fingerprint density at radius 2 is 2.07 bits per heavy atom. The largest absolute Gasteiger partial charge is 0.348 e. The molecule has 0 aliphatic heterocycles. The van der Waals surface area contributed by atoms with Gasteiger partial charge in [-0.25, -0.2) is 0 Å². The number of allylic oxidation sites excluding steroid dienone is 1. The number of benzene rings is 2. The predicted molar refractivity (Wildman–Crippen MR) is 119 cm³/mol. The average molecular weight is 404 g/mol. The lowest BCUT2D eigenvalue weighted by molar-refractivity contribution is 0.102. The van der Waals surface area contributed by atoms with E-state index >= 15 is 0 Å². The lowest BCUT2D eigenvalue weighted by atomic mass is 10.1. The molecular weight excluding hydrogens is 384 g/mol. The van der Waals surface area contributed by atoms with Crippen LogP contribution in [0.1, 0.15) is 17.3 Å². The normalized spacial score (nSPS) is 11.1. The van der Waals surface area contributed by atoms with Gasteiger partial charge in [-0.15, -0.1) is 6.58 Å². The summed E-state index contributed by atoms with van der Waals surface area (Å²) in [6, 6.07) is 12.8. The Balaban J connectivity index is 1.66. The van der Waals surface area contributed by atoms with Crippen LogP contribution in [0.25, 0.3) is 21.8 Å². The summed E-state index contributed by atoms with van der Waals surface area (Å²) >= 11 is 5.26. The van der Waals surface area contributed by atoms with Gasteiger partial charge in [-0.3, -0.25) is 14.2 Å². The first-order chi connectivity index (χ1) is 14.0. The van der Waals surface area contributed by atoms with E-state index in [4.69, 9.17) is 12.2 Å². The minimum absolute atomic E-state index is 0.207. The third-order valence-electron chi connectivity index (χ3n) is 4.93. The number of aromatic amines is 1. The van der Waals surface area contributed by atoms with Crippen LogP contribution in [-0.4, -0.2) is 20.0 Å². The molecule has 0 spiro atoms. The van der Waals surface area contributed by atoms with E-state index in [1.165, 1.54) is 4.57 Å². The zero-order chi connectivity index (χ0) is 20.5. The fraction of sp³-hybridized carbons (Fsp3) is 0.136. The van der Waals surface area contributed by atoms with Crippen LogP contribution < -0.4 is 10.9 Å². The molecule has 2 aromatic carbocycles. The molecule has 146 valence electrons. The number of rotatable bonds is 5. The zero-order valence-electron chi connectivity index (χ0n) is 15.9. The van der Waals surface area contributed by atoms with Crippen LogP contribution in [0, 0.1) is 4.77 Å². The van der Waals surface area contributed by atoms with Crippen molar-refractivity contribution in [3.8, 4) is 0 Å². The van der Waals surface area contributed by atoms with Gasteiger partial charge in [0, 0.05) is 41.4 Å². The molecule has 0 fully saturated rings. The van der Waals surface area contributed by atoms with E-state index < -0.39 is 0 Å². The molecule has 1 amide bonds. The van der Waals surface area contributed by atoms with Crippen molar-refractivity contribution in [2.75, 3.05) is 5.32 Å². The van der Waals surface area contributed by atoms with Crippen molar-refractivity contribution in [1.29, 1.82) is 0 Å². The lowest BCUT2D eigenvalue weighted by Gasteiger charge is -2.09. The molecule has 0 aliphatic carbocycles. The first-order valence-corrected chi connectivity index (χ1v) is 9.70. The minimum atomic E-state index is -0.254. The van der Waals surface area contributed by atoms with Crippen LogP contribution in [0.2, 0.25) is 0 Å². The zero-order valence-corrected chi connectivity index (χ0v) is 16.8. The van der Waals surface area contributed by atoms with Crippen molar-refractivity contribution >= 4 is 45.6 Å². The first-order valence-electron chi connectivity index (χ1n) is 9.30. The molecule has 0 bridgehead atoms. The van der Waals surface area contributed by atoms with Gasteiger partial charge in [0.1, 0.15) is 0 Å². The van der Waals surface area contributed by atoms with Gasteiger partial charge in [-0.2, -0.15) is 0 Å². The van der Waals surface area contributed by atoms with E-state index in [2.05, 4.69) is 28.4 Å². The van der Waals surface area contributed by atoms with Crippen molar-refractivity contribution < 1.29 is 4.79 Å². The molecule has 0 atom stereocenters. The van der Waals surface area contributed by atoms with Crippen LogP contribution in [0.4, 0.5) is 5.69 Å². The number of hydrogen-bond donors (Lipinski definition) is 2. The summed E-state index contributed by atoms with van der Waals surface area (Å²) in [5.41, 5.74) is 2.60. The van der Waals surface area contributed by atoms with Gasteiger partial charge in [0.2, 0.25) is 0 Å². The number of H-pyrrole nitrogens is 1. The number of nitrogens with zero attached hydrogens (tertiary/aromatic N) is 2. The molecule has 2 heterocycles. The monoisotopic (exact) mass is 404 g/mol. The Hall–Kier alpha value is -3.45. The van der Waals surface area contributed by atoms with Gasteiger partial charge in [0.25, 0.3) is 11.5 Å². The molecule has 2 aromatic heterocycles. The summed E-state index contributed by atoms with van der Waals surface area (Å²) in [5.74, 6) is -0.254. The second-order valence-electron chi connectivity index (χ2n) is 6.72. The summed E-state index contributed by atoms with van der Waals surface area (Å²) in [5, 5.41) is 4.45. The molecule has 7 heteroatoms. The van der Waals surface area contributed by atoms with E-state index in [0.717, 1.165) is 17.4 Å². The molecule has 0 saturated heterocycles. The molecule has 2 N–H and O–H groups in total. The Labute approximate surface area is 172 Å². The van der Waals surface area contributed by atoms with E-state index in [1.807, 2.05) is 30.5 Å². The molecule has 4 aromatic rings. The Morgan fingerprint density at radius 1 is 1.24 bits per heavy atom. The molecule has 4 rings (SSSR count). The standard InChI is InChI=1S/C22H20N4O2S/c1-3-10-26-21(28)17-7-5-15(13-18(17)24-22(26)29)20(27)23-16-6-8-19-14(12-16)9-11-25(19)4-2/h3,5-9,11-13H,1,4,10H2,2H3,(H,23,27)(H,24,29). The Morgan fingerprint density at radius 3 is 2.83 bits per heavy atom. The third-order valence-corrected chi connectivity index (χ3v) is 5.25. The summed E-state index contributed by atoms with van der Waals surface area (Å²) in [4.78, 5) is 28.4. The minimum Gasteiger partial charge on any atom is -0.348 e. The fourth-order valence-corrected chi connectivity index (χ4v) is 3.71. The van der Waals surface area contributed by atoms with Crippen LogP contribution in [-0.2, 0) is 13.1 Å². The van der Waals surface area contributed by atoms with Crippen molar-refractivity contribution in [1.82, 2.24) is 14.1 Å². The molecule has 0 saturated carbocycles. The van der Waals surface area contributed by atoms with Crippen molar-refractivity contribution in [3.63, 3.8) is 0 Å². The van der Waals surface area contributed by atoms with Crippen LogP contribution in [0.15, 0.2) is 66.1 Å². The van der Waals surface area contributed by atoms with Gasteiger partial charge in [0.05, 0.1) is 10.9 Å². The second-order valence-corrected chi connectivity index (χ2v) is 7.11. The number of hydrogen-bond acceptors (Lipinski definition) is 3. The van der Waals surface area contributed by atoms with Crippen molar-refractivity contribution in [3.05, 3.63) is 82.0 Å². The third kappa shape index (κ3) is 3.40. The SMILES string of the molecule is C=CCn1c(=S)[nH]c2cc(C(=O)Nc3ccc4c(ccn4CC)c3)ccc2c1=O. The van der Waals surface area contributed by atoms with Gasteiger partial charge in [-0.1, -0.05) is 6.08 Å². The first kappa shape index (κ1) is 18.9. The number of anilines is 1. The van der Waals surface area contributed by atoms with Gasteiger partial charge >= 0.3 is 0 Å². The fourth-order valence-electron chi connectivity index (χ4n) is 3.45. The maximum atomic E-state index is 12.7. The predicted octanol–water partition coefficient (Wildman–Crippen LogP) is 4.47. The molecule has 29 heavy (non-hydrogen) atoms. The highest BCUT2D eigenvalue weighted by atomic mass is 32.1. The average Bonchev–Trinajstić information content (AvgIpc) is 3.13. The van der Waals surface area contributed by atoms with Crippen molar-refractivity contribution in [2.45, 2.75) is 20.0 Å². The van der Waals surface area contributed by atoms with Crippen molar-refractivity contribution in [2.24, 2.45) is 0 Å². The molecule has 6 nitrogen and oxygen atoms in total. The second kappa shape index (κ2) is 7.52. The summed E-state index contributed by atoms with van der Waals surface area (Å²) in [6.45, 7) is 6.95. The van der Waals surface area contributed by atoms with E-state index in [9.17, 15) is 9.59 Å². The van der Waals surface area contributed by atoms with E-state index in [-0.39, 0.29) is 11.5 Å². The number of carbonyl (C=O) groups is 1. The summed E-state index contributed by atoms with van der Waals surface area (Å²) in [6.07, 6.45) is 3.64. The van der Waals surface area contributed by atoms with Gasteiger partial charge < -0.3 is 14.9 Å². The number of amides is 1. The highest BCUT2D eigenvalue weighted by Crippen LogP contribution is 2.21. The van der Waals surface area contributed by atoms with E-state index in [0.29, 0.717) is 33.5 Å². The van der Waals surface area contributed by atoms with Gasteiger partial charge in [-0.05, 0) is 61.6 Å². The highest BCUT2D eigenvalue weighted by molar-refractivity contribution is 7.71. The molecule has 0 unspecified atom stereocenters. The number of fused-ring (bicyclic) bond motifs is 2. The quantitative estimate of drug-likeness (QED) is 0.381. The van der Waals surface area contributed by atoms with E-state index in [1.54, 1.807) is 24.3 Å². The molecular formula is C22H20N4O2S. The van der Waals surface area contributed by atoms with Crippen LogP contribution in [0.3, 0.4) is 0 Å². The smallest absolute Gasteiger partial charge is 0.262 e. The number of aromatic nitrogens is 3. The summed E-state index contributed by atoms with van der Waals surface area (Å²) < 4.78 is 3.87. The Bertz CT molecular complexity index is 1380. The maximum absolute atomic E-state index is 12.7. The van der Waals surface area contributed by atoms with Gasteiger partial charge in [0.15, 0.2) is 4.77 Å². The Kier molecular flexibility index (Phi) is 4.90. The molecule has 0 aliphatic rings. The maximum Gasteiger partial charge on any atom is 0.262 e. The molecule has 0 radical (unpaired) electrons. The number of nitrogens with one attached hydrogen (secondary N) is 2. The topological polar surface area (TPSA) is 71.8 Å². The number of carbonyl (C=O) groups excluding carboxylic acids is 1. The lowest BCUT2D eigenvalue weighted by Crippen LogP contribution is -2.22. The highest BCUT2D eigenvalue weighted by Gasteiger charge is 2.11. The summed E-state index contributed by atoms with van der Waals surface area (Å²) in [7, 11) is 0. The van der Waals surface area contributed by atoms with Crippen LogP contribution in [0.5, 0.6) is 0 Å². The van der Waals surface area contributed by atoms with Crippen LogP contribution >= 0.6 is 12.2 Å². The number of aryl methyl sites for hydroxylation is 1.